The summed E-state index contributed by atoms with van der Waals surface area (Å²) in [6.45, 7) is 0. The average molecular weight is 271 g/mol. The van der Waals surface area contributed by atoms with Gasteiger partial charge in [-0.15, -0.1) is 0 Å². The third-order valence-electron chi connectivity index (χ3n) is 1.86. The largest absolute Gasteiger partial charge is 0.235 e. The Morgan fingerprint density at radius 2 is 1.00 bits per heavy atom. The van der Waals surface area contributed by atoms with Crippen LogP contribution in [0.3, 0.4) is 0 Å². The quantitative estimate of drug-likeness (QED) is 0.541. The average Bonchev–Trinajstić information content (AvgIpc) is 2.20. The van der Waals surface area contributed by atoms with E-state index in [1.54, 1.807) is 0 Å². The summed E-state index contributed by atoms with van der Waals surface area (Å²) in [6.07, 6.45) is 0. The number of halogens is 6. The highest BCUT2D eigenvalue weighted by Crippen LogP contribution is 2.34. The van der Waals surface area contributed by atoms with Gasteiger partial charge in [0.2, 0.25) is 23.8 Å². The number of rotatable bonds is 0. The van der Waals surface area contributed by atoms with Crippen LogP contribution in [0.25, 0.3) is 10.8 Å². The molecule has 0 aliphatic carbocycles. The van der Waals surface area contributed by atoms with Crippen molar-refractivity contribution in [2.75, 3.05) is 0 Å². The topological polar surface area (TPSA) is 25.8 Å². The zero-order valence-corrected chi connectivity index (χ0v) is 8.67. The second-order valence-electron chi connectivity index (χ2n) is 2.76. The summed E-state index contributed by atoms with van der Waals surface area (Å²) in [6, 6.07) is 0. The van der Waals surface area contributed by atoms with Gasteiger partial charge in [0.15, 0.2) is 0 Å². The second kappa shape index (κ2) is 3.71. The molecule has 84 valence electrons. The zero-order valence-electron chi connectivity index (χ0n) is 7.16. The van der Waals surface area contributed by atoms with Crippen LogP contribution in [-0.4, -0.2) is 9.97 Å². The van der Waals surface area contributed by atoms with E-state index < -0.39 is 44.6 Å². The van der Waals surface area contributed by atoms with Crippen LogP contribution >= 0.6 is 23.2 Å². The maximum Gasteiger partial charge on any atom is 0.235 e. The molecule has 2 rings (SSSR count). The summed E-state index contributed by atoms with van der Waals surface area (Å²) in [5.41, 5.74) is 0. The molecule has 0 radical (unpaired) electrons. The van der Waals surface area contributed by atoms with Gasteiger partial charge >= 0.3 is 0 Å². The van der Waals surface area contributed by atoms with E-state index in [9.17, 15) is 17.6 Å². The molecule has 0 N–H and O–H groups in total. The van der Waals surface area contributed by atoms with E-state index in [2.05, 4.69) is 9.97 Å². The third kappa shape index (κ3) is 1.49. The standard InChI is InChI=1S/C8Cl2F4N2/c9-3-1-2(5(11)15-7(3)13)6(12)16-8(14)4(1)10. The first kappa shape index (κ1) is 11.3. The van der Waals surface area contributed by atoms with Gasteiger partial charge in [-0.05, 0) is 0 Å². The molecular formula is C8Cl2F4N2. The fraction of sp³-hybridized carbons (Fsp3) is 0. The molecule has 2 aromatic heterocycles. The van der Waals surface area contributed by atoms with Crippen molar-refractivity contribution in [2.45, 2.75) is 0 Å². The summed E-state index contributed by atoms with van der Waals surface area (Å²) in [5, 5.41) is -3.00. The van der Waals surface area contributed by atoms with Crippen LogP contribution in [0.5, 0.6) is 0 Å². The van der Waals surface area contributed by atoms with Gasteiger partial charge in [-0.25, -0.2) is 0 Å². The molecule has 0 aromatic carbocycles. The van der Waals surface area contributed by atoms with E-state index in [0.29, 0.717) is 0 Å². The molecule has 2 aromatic rings. The van der Waals surface area contributed by atoms with E-state index in [1.165, 1.54) is 0 Å². The Kier molecular flexibility index (Phi) is 2.63. The highest BCUT2D eigenvalue weighted by molar-refractivity contribution is 6.42. The van der Waals surface area contributed by atoms with Crippen molar-refractivity contribution in [3.63, 3.8) is 0 Å². The lowest BCUT2D eigenvalue weighted by Gasteiger charge is -2.05. The fourth-order valence-electron chi connectivity index (χ4n) is 1.20. The van der Waals surface area contributed by atoms with Crippen LogP contribution in [-0.2, 0) is 0 Å². The van der Waals surface area contributed by atoms with Gasteiger partial charge in [0.05, 0.1) is 5.39 Å². The van der Waals surface area contributed by atoms with Crippen LogP contribution < -0.4 is 0 Å². The molecule has 16 heavy (non-hydrogen) atoms. The van der Waals surface area contributed by atoms with Crippen molar-refractivity contribution in [3.8, 4) is 0 Å². The van der Waals surface area contributed by atoms with Gasteiger partial charge in [0.25, 0.3) is 0 Å². The van der Waals surface area contributed by atoms with Crippen molar-refractivity contribution in [3.05, 3.63) is 33.8 Å². The lowest BCUT2D eigenvalue weighted by Crippen LogP contribution is -2.00. The molecule has 0 aliphatic heterocycles. The van der Waals surface area contributed by atoms with Crippen LogP contribution in [0.15, 0.2) is 0 Å². The normalized spacial score (nSPS) is 11.1. The Labute approximate surface area is 95.8 Å². The molecule has 0 aliphatic rings. The van der Waals surface area contributed by atoms with Crippen molar-refractivity contribution in [2.24, 2.45) is 0 Å². The highest BCUT2D eigenvalue weighted by atomic mass is 35.5. The summed E-state index contributed by atoms with van der Waals surface area (Å²) in [5.74, 6) is -5.80. The van der Waals surface area contributed by atoms with Gasteiger partial charge in [-0.3, -0.25) is 0 Å². The van der Waals surface area contributed by atoms with Crippen molar-refractivity contribution >= 4 is 34.0 Å². The van der Waals surface area contributed by atoms with Gasteiger partial charge in [0.1, 0.15) is 10.0 Å². The maximum absolute atomic E-state index is 13.1. The minimum atomic E-state index is -1.50. The predicted molar refractivity (Wildman–Crippen MR) is 49.4 cm³/mol. The summed E-state index contributed by atoms with van der Waals surface area (Å²) < 4.78 is 52.1. The van der Waals surface area contributed by atoms with Crippen LogP contribution in [0, 0.1) is 23.8 Å². The first-order valence-electron chi connectivity index (χ1n) is 3.78. The van der Waals surface area contributed by atoms with E-state index in [4.69, 9.17) is 23.2 Å². The molecule has 0 amide bonds. The maximum atomic E-state index is 13.1. The third-order valence-corrected chi connectivity index (χ3v) is 2.55. The molecule has 2 nitrogen and oxygen atoms in total. The predicted octanol–water partition coefficient (Wildman–Crippen LogP) is 3.49. The summed E-state index contributed by atoms with van der Waals surface area (Å²) in [4.78, 5) is 5.41. The van der Waals surface area contributed by atoms with Crippen LogP contribution in [0.1, 0.15) is 0 Å². The monoisotopic (exact) mass is 270 g/mol. The summed E-state index contributed by atoms with van der Waals surface area (Å²) >= 11 is 10.8. The Morgan fingerprint density at radius 1 is 0.625 bits per heavy atom. The number of fused-ring (bicyclic) bond motifs is 1. The van der Waals surface area contributed by atoms with Crippen molar-refractivity contribution < 1.29 is 17.6 Å². The molecule has 0 bridgehead atoms. The van der Waals surface area contributed by atoms with Crippen LogP contribution in [0.2, 0.25) is 10.0 Å². The lowest BCUT2D eigenvalue weighted by molar-refractivity contribution is 0.499. The number of hydrogen-bond acceptors (Lipinski definition) is 2. The fourth-order valence-corrected chi connectivity index (χ4v) is 1.71. The number of nitrogens with zero attached hydrogens (tertiary/aromatic N) is 2. The molecule has 0 spiro atoms. The molecule has 8 heteroatoms. The number of pyridine rings is 2. The molecule has 0 atom stereocenters. The molecular weight excluding hydrogens is 271 g/mol. The molecule has 0 saturated heterocycles. The van der Waals surface area contributed by atoms with Gasteiger partial charge in [0, 0.05) is 5.39 Å². The lowest BCUT2D eigenvalue weighted by atomic mass is 10.2. The van der Waals surface area contributed by atoms with Gasteiger partial charge in [-0.2, -0.15) is 27.5 Å². The first-order valence-corrected chi connectivity index (χ1v) is 4.53. The number of aromatic nitrogens is 2. The van der Waals surface area contributed by atoms with E-state index in [0.717, 1.165) is 0 Å². The van der Waals surface area contributed by atoms with E-state index in [1.807, 2.05) is 0 Å². The Hall–Kier alpha value is -1.14. The van der Waals surface area contributed by atoms with Gasteiger partial charge < -0.3 is 0 Å². The molecule has 2 heterocycles. The van der Waals surface area contributed by atoms with Crippen molar-refractivity contribution in [1.29, 1.82) is 0 Å². The van der Waals surface area contributed by atoms with E-state index in [-0.39, 0.29) is 0 Å². The second-order valence-corrected chi connectivity index (χ2v) is 3.52. The minimum absolute atomic E-state index is 0.627. The Balaban J connectivity index is 3.11. The molecule has 0 saturated carbocycles. The zero-order chi connectivity index (χ0) is 12.0. The van der Waals surface area contributed by atoms with Crippen molar-refractivity contribution in [1.82, 2.24) is 9.97 Å². The van der Waals surface area contributed by atoms with Crippen LogP contribution in [0.4, 0.5) is 17.6 Å². The minimum Gasteiger partial charge on any atom is -0.189 e. The molecule has 0 unspecified atom stereocenters. The first-order chi connectivity index (χ1) is 7.43. The van der Waals surface area contributed by atoms with Gasteiger partial charge in [-0.1, -0.05) is 23.2 Å². The Bertz CT molecular complexity index is 554. The smallest absolute Gasteiger partial charge is 0.189 e. The highest BCUT2D eigenvalue weighted by Gasteiger charge is 2.22. The Morgan fingerprint density at radius 3 is 1.38 bits per heavy atom. The summed E-state index contributed by atoms with van der Waals surface area (Å²) in [7, 11) is 0. The SMILES string of the molecule is Fc1nc(F)c2c(F)nc(F)c(Cl)c2c1Cl. The molecule has 0 fully saturated rings. The van der Waals surface area contributed by atoms with E-state index >= 15 is 0 Å². The number of hydrogen-bond donors (Lipinski definition) is 0.